The third kappa shape index (κ3) is 4.24. The van der Waals surface area contributed by atoms with Crippen LogP contribution in [0.4, 0.5) is 0 Å². The average molecular weight is 187 g/mol. The SMILES string of the molecule is CC(CC(=O)O)NCC1CCOC1. The van der Waals surface area contributed by atoms with Gasteiger partial charge in [-0.2, -0.15) is 0 Å². The Morgan fingerprint density at radius 1 is 1.77 bits per heavy atom. The molecule has 4 heteroatoms. The summed E-state index contributed by atoms with van der Waals surface area (Å²) < 4.78 is 5.21. The van der Waals surface area contributed by atoms with Gasteiger partial charge in [-0.05, 0) is 19.3 Å². The van der Waals surface area contributed by atoms with Gasteiger partial charge in [0.25, 0.3) is 0 Å². The monoisotopic (exact) mass is 187 g/mol. The summed E-state index contributed by atoms with van der Waals surface area (Å²) in [6.07, 6.45) is 1.28. The molecule has 1 fully saturated rings. The molecular formula is C9H17NO3. The maximum absolute atomic E-state index is 10.3. The van der Waals surface area contributed by atoms with E-state index in [9.17, 15) is 4.79 Å². The molecule has 1 aliphatic rings. The molecule has 1 heterocycles. The van der Waals surface area contributed by atoms with Gasteiger partial charge in [0, 0.05) is 19.2 Å². The molecule has 2 atom stereocenters. The van der Waals surface area contributed by atoms with E-state index in [4.69, 9.17) is 9.84 Å². The minimum Gasteiger partial charge on any atom is -0.481 e. The van der Waals surface area contributed by atoms with Crippen LogP contribution in [0.3, 0.4) is 0 Å². The van der Waals surface area contributed by atoms with Crippen LogP contribution in [0, 0.1) is 5.92 Å². The number of carboxylic acids is 1. The van der Waals surface area contributed by atoms with E-state index in [1.165, 1.54) is 0 Å². The number of hydrogen-bond donors (Lipinski definition) is 2. The molecule has 1 aliphatic heterocycles. The zero-order valence-corrected chi connectivity index (χ0v) is 7.95. The molecule has 13 heavy (non-hydrogen) atoms. The maximum atomic E-state index is 10.3. The third-order valence-corrected chi connectivity index (χ3v) is 2.26. The summed E-state index contributed by atoms with van der Waals surface area (Å²) in [5, 5.41) is 11.7. The fraction of sp³-hybridized carbons (Fsp3) is 0.889. The Morgan fingerprint density at radius 3 is 3.08 bits per heavy atom. The smallest absolute Gasteiger partial charge is 0.304 e. The van der Waals surface area contributed by atoms with Crippen LogP contribution in [0.15, 0.2) is 0 Å². The minimum absolute atomic E-state index is 0.0538. The molecule has 0 aliphatic carbocycles. The second-order valence-corrected chi connectivity index (χ2v) is 3.64. The van der Waals surface area contributed by atoms with Crippen molar-refractivity contribution >= 4 is 5.97 Å². The lowest BCUT2D eigenvalue weighted by atomic mass is 10.1. The number of hydrogen-bond acceptors (Lipinski definition) is 3. The first-order valence-corrected chi connectivity index (χ1v) is 4.71. The second kappa shape index (κ2) is 5.19. The Labute approximate surface area is 78.3 Å². The Kier molecular flexibility index (Phi) is 4.18. The molecule has 0 aromatic heterocycles. The lowest BCUT2D eigenvalue weighted by molar-refractivity contribution is -0.137. The van der Waals surface area contributed by atoms with E-state index in [1.807, 2.05) is 6.92 Å². The van der Waals surface area contributed by atoms with Gasteiger partial charge in [0.2, 0.25) is 0 Å². The van der Waals surface area contributed by atoms with Gasteiger partial charge in [0.15, 0.2) is 0 Å². The van der Waals surface area contributed by atoms with Gasteiger partial charge in [0.1, 0.15) is 0 Å². The molecule has 4 nitrogen and oxygen atoms in total. The largest absolute Gasteiger partial charge is 0.481 e. The van der Waals surface area contributed by atoms with E-state index in [-0.39, 0.29) is 12.5 Å². The summed E-state index contributed by atoms with van der Waals surface area (Å²) in [7, 11) is 0. The van der Waals surface area contributed by atoms with Crippen molar-refractivity contribution < 1.29 is 14.6 Å². The topological polar surface area (TPSA) is 58.6 Å². The van der Waals surface area contributed by atoms with Crippen molar-refractivity contribution in [2.45, 2.75) is 25.8 Å². The van der Waals surface area contributed by atoms with Crippen molar-refractivity contribution in [1.29, 1.82) is 0 Å². The van der Waals surface area contributed by atoms with Crippen LogP contribution < -0.4 is 5.32 Å². The summed E-state index contributed by atoms with van der Waals surface area (Å²) >= 11 is 0. The molecular weight excluding hydrogens is 170 g/mol. The molecule has 0 aromatic rings. The number of ether oxygens (including phenoxy) is 1. The lowest BCUT2D eigenvalue weighted by Gasteiger charge is -2.14. The second-order valence-electron chi connectivity index (χ2n) is 3.64. The highest BCUT2D eigenvalue weighted by Gasteiger charge is 2.16. The van der Waals surface area contributed by atoms with Crippen molar-refractivity contribution in [2.24, 2.45) is 5.92 Å². The zero-order valence-electron chi connectivity index (χ0n) is 7.95. The molecule has 1 saturated heterocycles. The van der Waals surface area contributed by atoms with E-state index in [2.05, 4.69) is 5.32 Å². The maximum Gasteiger partial charge on any atom is 0.304 e. The number of carbonyl (C=O) groups is 1. The number of nitrogens with one attached hydrogen (secondary N) is 1. The molecule has 0 bridgehead atoms. The van der Waals surface area contributed by atoms with Crippen LogP contribution in [0.5, 0.6) is 0 Å². The summed E-state index contributed by atoms with van der Waals surface area (Å²) in [4.78, 5) is 10.3. The first kappa shape index (κ1) is 10.5. The Bertz CT molecular complexity index is 166. The van der Waals surface area contributed by atoms with Crippen molar-refractivity contribution in [3.05, 3.63) is 0 Å². The highest BCUT2D eigenvalue weighted by molar-refractivity contribution is 5.67. The summed E-state index contributed by atoms with van der Waals surface area (Å²) in [5.41, 5.74) is 0. The fourth-order valence-electron chi connectivity index (χ4n) is 1.45. The van der Waals surface area contributed by atoms with E-state index in [0.717, 1.165) is 26.2 Å². The van der Waals surface area contributed by atoms with Crippen molar-refractivity contribution in [3.63, 3.8) is 0 Å². The highest BCUT2D eigenvalue weighted by atomic mass is 16.5. The molecule has 1 rings (SSSR count). The summed E-state index contributed by atoms with van der Waals surface area (Å²) in [6.45, 7) is 4.42. The number of rotatable bonds is 5. The fourth-order valence-corrected chi connectivity index (χ4v) is 1.45. The van der Waals surface area contributed by atoms with Gasteiger partial charge in [-0.25, -0.2) is 0 Å². The van der Waals surface area contributed by atoms with Gasteiger partial charge in [0.05, 0.1) is 13.0 Å². The molecule has 2 unspecified atom stereocenters. The van der Waals surface area contributed by atoms with E-state index >= 15 is 0 Å². The molecule has 76 valence electrons. The lowest BCUT2D eigenvalue weighted by Crippen LogP contribution is -2.33. The predicted molar refractivity (Wildman–Crippen MR) is 48.6 cm³/mol. The van der Waals surface area contributed by atoms with Crippen LogP contribution in [-0.2, 0) is 9.53 Å². The van der Waals surface area contributed by atoms with Gasteiger partial charge in [-0.3, -0.25) is 4.79 Å². The van der Waals surface area contributed by atoms with Gasteiger partial charge in [-0.15, -0.1) is 0 Å². The molecule has 0 saturated carbocycles. The van der Waals surface area contributed by atoms with Crippen molar-refractivity contribution in [2.75, 3.05) is 19.8 Å². The molecule has 0 amide bonds. The summed E-state index contributed by atoms with van der Waals surface area (Å²) in [5.74, 6) is -0.182. The van der Waals surface area contributed by atoms with Crippen molar-refractivity contribution in [3.8, 4) is 0 Å². The quantitative estimate of drug-likeness (QED) is 0.657. The average Bonchev–Trinajstić information content (AvgIpc) is 2.51. The number of aliphatic carboxylic acids is 1. The number of carboxylic acid groups (broad SMARTS) is 1. The van der Waals surface area contributed by atoms with E-state index < -0.39 is 5.97 Å². The first-order chi connectivity index (χ1) is 6.18. The molecule has 0 aromatic carbocycles. The third-order valence-electron chi connectivity index (χ3n) is 2.26. The van der Waals surface area contributed by atoms with Gasteiger partial charge >= 0.3 is 5.97 Å². The van der Waals surface area contributed by atoms with Crippen LogP contribution in [0.25, 0.3) is 0 Å². The predicted octanol–water partition coefficient (Wildman–Crippen LogP) is 0.476. The molecule has 0 radical (unpaired) electrons. The van der Waals surface area contributed by atoms with Crippen LogP contribution in [0.1, 0.15) is 19.8 Å². The standard InChI is InChI=1S/C9H17NO3/c1-7(4-9(11)12)10-5-8-2-3-13-6-8/h7-8,10H,2-6H2,1H3,(H,11,12). The molecule has 0 spiro atoms. The minimum atomic E-state index is -0.748. The Balaban J connectivity index is 2.06. The van der Waals surface area contributed by atoms with Crippen LogP contribution in [0.2, 0.25) is 0 Å². The van der Waals surface area contributed by atoms with Gasteiger partial charge < -0.3 is 15.2 Å². The van der Waals surface area contributed by atoms with E-state index in [1.54, 1.807) is 0 Å². The Hall–Kier alpha value is -0.610. The van der Waals surface area contributed by atoms with Crippen LogP contribution >= 0.6 is 0 Å². The van der Waals surface area contributed by atoms with Crippen LogP contribution in [-0.4, -0.2) is 36.9 Å². The Morgan fingerprint density at radius 2 is 2.54 bits per heavy atom. The van der Waals surface area contributed by atoms with Gasteiger partial charge in [-0.1, -0.05) is 0 Å². The molecule has 2 N–H and O–H groups in total. The van der Waals surface area contributed by atoms with Crippen molar-refractivity contribution in [1.82, 2.24) is 5.32 Å². The van der Waals surface area contributed by atoms with E-state index in [0.29, 0.717) is 5.92 Å². The first-order valence-electron chi connectivity index (χ1n) is 4.71. The normalized spacial score (nSPS) is 24.5. The zero-order chi connectivity index (χ0) is 9.68. The summed E-state index contributed by atoms with van der Waals surface area (Å²) in [6, 6.07) is 0.0538. The highest BCUT2D eigenvalue weighted by Crippen LogP contribution is 2.10.